The molecule has 0 aliphatic heterocycles. The average Bonchev–Trinajstić information content (AvgIpc) is 3.21. The van der Waals surface area contributed by atoms with E-state index in [4.69, 9.17) is 25.7 Å². The molecule has 30 heavy (non-hydrogen) atoms. The smallest absolute Gasteiger partial charge is 0.343 e. The molecule has 0 spiro atoms. The van der Waals surface area contributed by atoms with Crippen LogP contribution in [0.4, 0.5) is 4.79 Å². The molecule has 1 rings (SSSR count). The molecule has 1 fully saturated rings. The maximum Gasteiger partial charge on any atom is 0.448 e. The Labute approximate surface area is 190 Å². The van der Waals surface area contributed by atoms with E-state index >= 15 is 0 Å². The van der Waals surface area contributed by atoms with E-state index in [-0.39, 0.29) is 11.1 Å². The fourth-order valence-corrected chi connectivity index (χ4v) is 8.47. The van der Waals surface area contributed by atoms with Gasteiger partial charge in [0.1, 0.15) is 0 Å². The van der Waals surface area contributed by atoms with Crippen molar-refractivity contribution < 1.29 is 27.7 Å². The van der Waals surface area contributed by atoms with E-state index in [1.54, 1.807) is 34.2 Å². The van der Waals surface area contributed by atoms with Crippen LogP contribution in [0.2, 0.25) is 0 Å². The Morgan fingerprint density at radius 2 is 1.70 bits per heavy atom. The van der Waals surface area contributed by atoms with Crippen LogP contribution in [0.15, 0.2) is 5.16 Å². The van der Waals surface area contributed by atoms with Gasteiger partial charge in [-0.15, -0.1) is 15.8 Å². The lowest BCUT2D eigenvalue weighted by atomic mass is 10.3. The molecule has 0 bridgehead atoms. The summed E-state index contributed by atoms with van der Waals surface area (Å²) < 4.78 is 27.2. The predicted octanol–water partition coefficient (Wildman–Crippen LogP) is 2.94. The van der Waals surface area contributed by atoms with Crippen LogP contribution < -0.4 is 0 Å². The monoisotopic (exact) mass is 502 g/mol. The molecule has 1 saturated carbocycles. The van der Waals surface area contributed by atoms with Gasteiger partial charge in [0.15, 0.2) is 0 Å². The van der Waals surface area contributed by atoms with Gasteiger partial charge in [-0.1, -0.05) is 18.0 Å². The summed E-state index contributed by atoms with van der Waals surface area (Å²) in [6.07, 6.45) is 4.14. The van der Waals surface area contributed by atoms with Gasteiger partial charge in [0.25, 0.3) is 12.5 Å². The first-order valence-corrected chi connectivity index (χ1v) is 14.4. The molecule has 1 atom stereocenters. The molecule has 2 amide bonds. The number of nitrogens with zero attached hydrogens (tertiary/aromatic N) is 4. The van der Waals surface area contributed by atoms with Crippen molar-refractivity contribution in [1.29, 1.82) is 0 Å². The predicted molar refractivity (Wildman–Crippen MR) is 124 cm³/mol. The summed E-state index contributed by atoms with van der Waals surface area (Å²) in [5.41, 5.74) is 0. The van der Waals surface area contributed by atoms with Gasteiger partial charge in [0.05, 0.1) is 13.2 Å². The van der Waals surface area contributed by atoms with Gasteiger partial charge in [0, 0.05) is 27.2 Å². The van der Waals surface area contributed by atoms with Crippen molar-refractivity contribution in [2.45, 2.75) is 45.6 Å². The van der Waals surface area contributed by atoms with E-state index in [2.05, 4.69) is 5.16 Å². The highest BCUT2D eigenvalue weighted by Gasteiger charge is 2.42. The largest absolute Gasteiger partial charge is 0.448 e. The third-order valence-electron chi connectivity index (χ3n) is 4.10. The Kier molecular flexibility index (Phi) is 12.0. The van der Waals surface area contributed by atoms with Gasteiger partial charge in [-0.25, -0.2) is 13.3 Å². The van der Waals surface area contributed by atoms with Crippen molar-refractivity contribution in [3.63, 3.8) is 0 Å². The van der Waals surface area contributed by atoms with Gasteiger partial charge in [-0.3, -0.25) is 9.63 Å². The fourth-order valence-electron chi connectivity index (χ4n) is 2.70. The Bertz CT molecular complexity index is 692. The molecule has 0 N–H and O–H groups in total. The van der Waals surface area contributed by atoms with Gasteiger partial charge in [-0.05, 0) is 44.8 Å². The normalized spacial score (nSPS) is 16.6. The van der Waals surface area contributed by atoms with E-state index in [1.165, 1.54) is 16.0 Å². The van der Waals surface area contributed by atoms with E-state index in [0.717, 1.165) is 41.8 Å². The van der Waals surface area contributed by atoms with Crippen LogP contribution in [-0.4, -0.2) is 81.2 Å². The topological polar surface area (TPSA) is 101 Å². The van der Waals surface area contributed by atoms with Crippen LogP contribution in [0.5, 0.6) is 0 Å². The van der Waals surface area contributed by atoms with Crippen LogP contribution in [0.25, 0.3) is 0 Å². The second-order valence-electron chi connectivity index (χ2n) is 6.43. The van der Waals surface area contributed by atoms with Crippen molar-refractivity contribution in [3.05, 3.63) is 0 Å². The van der Waals surface area contributed by atoms with Crippen molar-refractivity contribution in [2.24, 2.45) is 5.16 Å². The first kappa shape index (κ1) is 27.5. The van der Waals surface area contributed by atoms with Crippen molar-refractivity contribution in [3.8, 4) is 0 Å². The molecule has 1 aliphatic carbocycles. The molecule has 10 nitrogen and oxygen atoms in total. The van der Waals surface area contributed by atoms with E-state index < -0.39 is 29.8 Å². The number of hydrogen-bond acceptors (Lipinski definition) is 9. The summed E-state index contributed by atoms with van der Waals surface area (Å²) in [6, 6.07) is -0.134. The summed E-state index contributed by atoms with van der Waals surface area (Å²) >= 11 is 4.69. The number of oxime groups is 1. The first-order chi connectivity index (χ1) is 14.1. The minimum Gasteiger partial charge on any atom is -0.343 e. The van der Waals surface area contributed by atoms with Crippen LogP contribution in [0, 0.1) is 0 Å². The number of carbonyl (C=O) groups is 2. The van der Waals surface area contributed by atoms with E-state index in [0.29, 0.717) is 13.2 Å². The molecular weight excluding hydrogens is 471 g/mol. The zero-order valence-corrected chi connectivity index (χ0v) is 21.6. The fraction of sp³-hybridized carbons (Fsp3) is 0.812. The third-order valence-corrected chi connectivity index (χ3v) is 10.5. The SMILES string of the molecule is CCOP(=S)(OCC)N(C1CCCC1)S(=O)N(C)C(=O)O/N=C(\SC)C(=O)N(C)C. The minimum absolute atomic E-state index is 0.00562. The maximum atomic E-state index is 13.4. The molecule has 0 heterocycles. The van der Waals surface area contributed by atoms with E-state index in [9.17, 15) is 13.8 Å². The molecule has 0 aromatic carbocycles. The average molecular weight is 503 g/mol. The zero-order valence-electron chi connectivity index (χ0n) is 18.2. The Balaban J connectivity index is 3.09. The maximum absolute atomic E-state index is 13.4. The van der Waals surface area contributed by atoms with Crippen LogP contribution in [0.3, 0.4) is 0 Å². The van der Waals surface area contributed by atoms with E-state index in [1.807, 2.05) is 0 Å². The third kappa shape index (κ3) is 7.25. The lowest BCUT2D eigenvalue weighted by Crippen LogP contribution is -2.43. The molecule has 0 radical (unpaired) electrons. The quantitative estimate of drug-likeness (QED) is 0.156. The molecular formula is C16H31N4O6PS3. The lowest BCUT2D eigenvalue weighted by Gasteiger charge is -2.37. The first-order valence-electron chi connectivity index (χ1n) is 9.52. The lowest BCUT2D eigenvalue weighted by molar-refractivity contribution is -0.121. The Hall–Kier alpha value is -0.560. The highest BCUT2D eigenvalue weighted by atomic mass is 32.5. The van der Waals surface area contributed by atoms with Crippen molar-refractivity contribution in [2.75, 3.05) is 40.6 Å². The van der Waals surface area contributed by atoms with Gasteiger partial charge in [-0.2, -0.15) is 0 Å². The molecule has 1 aliphatic rings. The molecule has 0 aromatic rings. The second kappa shape index (κ2) is 13.1. The molecule has 14 heteroatoms. The summed E-state index contributed by atoms with van der Waals surface area (Å²) in [4.78, 5) is 30.7. The summed E-state index contributed by atoms with van der Waals surface area (Å²) in [5.74, 6) is -0.408. The van der Waals surface area contributed by atoms with Crippen molar-refractivity contribution in [1.82, 2.24) is 13.3 Å². The summed E-state index contributed by atoms with van der Waals surface area (Å²) in [7, 11) is 4.44. The zero-order chi connectivity index (χ0) is 22.9. The van der Waals surface area contributed by atoms with Crippen LogP contribution in [-0.2, 0) is 41.7 Å². The van der Waals surface area contributed by atoms with Crippen molar-refractivity contribution >= 4 is 58.4 Å². The highest BCUT2D eigenvalue weighted by Crippen LogP contribution is 2.56. The number of thioether (sulfide) groups is 1. The van der Waals surface area contributed by atoms with Gasteiger partial charge < -0.3 is 13.9 Å². The number of hydrogen-bond donors (Lipinski definition) is 0. The van der Waals surface area contributed by atoms with Gasteiger partial charge in [0.2, 0.25) is 16.2 Å². The Morgan fingerprint density at radius 1 is 1.17 bits per heavy atom. The minimum atomic E-state index is -3.08. The van der Waals surface area contributed by atoms with Crippen LogP contribution in [0.1, 0.15) is 39.5 Å². The summed E-state index contributed by atoms with van der Waals surface area (Å²) in [5, 5.41) is 3.62. The molecule has 1 unspecified atom stereocenters. The summed E-state index contributed by atoms with van der Waals surface area (Å²) in [6.45, 7) is 1.07. The second-order valence-corrected chi connectivity index (χ2v) is 12.2. The molecule has 0 aromatic heterocycles. The Morgan fingerprint density at radius 3 is 2.13 bits per heavy atom. The standard InChI is InChI=1S/C16H31N4O6PS3/c1-7-24-27(28,25-8-2)20(13-11-9-10-12-13)30(23)19(5)16(22)26-17-14(29-6)15(21)18(3)4/h13H,7-12H2,1-6H3/b17-14-. The molecule has 174 valence electrons. The number of carbonyl (C=O) groups excluding carboxylic acids is 2. The van der Waals surface area contributed by atoms with Crippen LogP contribution >= 0.6 is 18.4 Å². The van der Waals surface area contributed by atoms with Gasteiger partial charge >= 0.3 is 6.09 Å². The highest BCUT2D eigenvalue weighted by molar-refractivity contribution is 8.15. The number of rotatable bonds is 9. The molecule has 0 saturated heterocycles. The number of amides is 2.